The van der Waals surface area contributed by atoms with E-state index in [0.29, 0.717) is 12.5 Å². The molecule has 0 N–H and O–H groups in total. The number of fused-ring (bicyclic) bond motifs is 1. The highest BCUT2D eigenvalue weighted by atomic mass is 32.1. The van der Waals surface area contributed by atoms with Crippen LogP contribution < -0.4 is 0 Å². The zero-order chi connectivity index (χ0) is 14.4. The minimum Gasteiger partial charge on any atom is -0.337 e. The molecule has 3 heterocycles. The summed E-state index contributed by atoms with van der Waals surface area (Å²) in [6, 6.07) is 1.11. The van der Waals surface area contributed by atoms with Crippen molar-refractivity contribution in [3.63, 3.8) is 0 Å². The van der Waals surface area contributed by atoms with E-state index in [9.17, 15) is 4.79 Å². The summed E-state index contributed by atoms with van der Waals surface area (Å²) >= 11 is 1.60. The van der Waals surface area contributed by atoms with Crippen LogP contribution in [0.2, 0.25) is 0 Å². The van der Waals surface area contributed by atoms with Crippen LogP contribution in [0.4, 0.5) is 0 Å². The zero-order valence-corrected chi connectivity index (χ0v) is 13.1. The standard InChI is InChI=1S/C15H20N4OS/c1-11-9-17(13-2-3-13)4-5-19(11)14(20)8-12-10-18-6-7-21-15(18)16-12/h6-7,10-11,13H,2-5,8-9H2,1H3. The molecule has 1 aliphatic heterocycles. The Balaban J connectivity index is 1.41. The van der Waals surface area contributed by atoms with Crippen LogP contribution in [0.5, 0.6) is 0 Å². The molecule has 2 aromatic rings. The maximum absolute atomic E-state index is 12.5. The summed E-state index contributed by atoms with van der Waals surface area (Å²) in [5.74, 6) is 0.212. The van der Waals surface area contributed by atoms with Crippen LogP contribution in [0.25, 0.3) is 4.96 Å². The average molecular weight is 304 g/mol. The second-order valence-electron chi connectivity index (χ2n) is 6.16. The molecule has 21 heavy (non-hydrogen) atoms. The molecule has 1 saturated heterocycles. The first kappa shape index (κ1) is 13.3. The predicted octanol–water partition coefficient (Wildman–Crippen LogP) is 1.63. The lowest BCUT2D eigenvalue weighted by Gasteiger charge is -2.40. The minimum absolute atomic E-state index is 0.212. The van der Waals surface area contributed by atoms with Gasteiger partial charge in [-0.15, -0.1) is 11.3 Å². The molecule has 6 heteroatoms. The van der Waals surface area contributed by atoms with Gasteiger partial charge in [-0.2, -0.15) is 0 Å². The number of hydrogen-bond acceptors (Lipinski definition) is 4. The van der Waals surface area contributed by atoms with Gasteiger partial charge in [0.25, 0.3) is 0 Å². The van der Waals surface area contributed by atoms with E-state index in [-0.39, 0.29) is 5.91 Å². The predicted molar refractivity (Wildman–Crippen MR) is 82.5 cm³/mol. The molecule has 0 spiro atoms. The molecular formula is C15H20N4OS. The molecule has 0 aromatic carbocycles. The molecule has 1 atom stereocenters. The zero-order valence-electron chi connectivity index (χ0n) is 12.2. The highest BCUT2D eigenvalue weighted by Crippen LogP contribution is 2.28. The molecule has 0 bridgehead atoms. The molecular weight excluding hydrogens is 284 g/mol. The van der Waals surface area contributed by atoms with E-state index in [1.165, 1.54) is 12.8 Å². The van der Waals surface area contributed by atoms with Gasteiger partial charge in [-0.05, 0) is 19.8 Å². The fourth-order valence-electron chi connectivity index (χ4n) is 3.25. The van der Waals surface area contributed by atoms with Gasteiger partial charge in [0.2, 0.25) is 5.91 Å². The quantitative estimate of drug-likeness (QED) is 0.865. The summed E-state index contributed by atoms with van der Waals surface area (Å²) in [4.78, 5) is 22.6. The van der Waals surface area contributed by atoms with E-state index < -0.39 is 0 Å². The van der Waals surface area contributed by atoms with E-state index in [1.807, 2.05) is 27.1 Å². The molecule has 2 aliphatic rings. The van der Waals surface area contributed by atoms with Gasteiger partial charge in [-0.25, -0.2) is 4.98 Å². The summed E-state index contributed by atoms with van der Waals surface area (Å²) < 4.78 is 1.99. The molecule has 0 radical (unpaired) electrons. The largest absolute Gasteiger partial charge is 0.337 e. The third-order valence-corrected chi connectivity index (χ3v) is 5.29. The third-order valence-electron chi connectivity index (χ3n) is 4.52. The first-order valence-corrected chi connectivity index (χ1v) is 8.53. The van der Waals surface area contributed by atoms with Crippen molar-refractivity contribution in [3.8, 4) is 0 Å². The smallest absolute Gasteiger partial charge is 0.228 e. The topological polar surface area (TPSA) is 40.9 Å². The number of carbonyl (C=O) groups is 1. The first-order valence-electron chi connectivity index (χ1n) is 7.65. The molecule has 1 unspecified atom stereocenters. The second kappa shape index (κ2) is 5.10. The summed E-state index contributed by atoms with van der Waals surface area (Å²) in [6.45, 7) is 5.07. The molecule has 1 amide bonds. The van der Waals surface area contributed by atoms with Gasteiger partial charge in [-0.1, -0.05) is 0 Å². The van der Waals surface area contributed by atoms with Crippen molar-refractivity contribution in [2.45, 2.75) is 38.3 Å². The van der Waals surface area contributed by atoms with E-state index in [1.54, 1.807) is 11.3 Å². The minimum atomic E-state index is 0.212. The van der Waals surface area contributed by atoms with Gasteiger partial charge < -0.3 is 4.90 Å². The van der Waals surface area contributed by atoms with Crippen LogP contribution >= 0.6 is 11.3 Å². The third kappa shape index (κ3) is 2.58. The number of hydrogen-bond donors (Lipinski definition) is 0. The Labute approximate surface area is 128 Å². The van der Waals surface area contributed by atoms with Crippen molar-refractivity contribution < 1.29 is 4.79 Å². The Kier molecular flexibility index (Phi) is 3.23. The van der Waals surface area contributed by atoms with Crippen LogP contribution in [-0.2, 0) is 11.2 Å². The molecule has 1 saturated carbocycles. The van der Waals surface area contributed by atoms with Crippen LogP contribution in [0.15, 0.2) is 17.8 Å². The van der Waals surface area contributed by atoms with Crippen LogP contribution in [-0.4, -0.2) is 56.8 Å². The fourth-order valence-corrected chi connectivity index (χ4v) is 3.96. The molecule has 4 rings (SSSR count). The number of thiazole rings is 1. The number of piperazine rings is 1. The molecule has 1 aliphatic carbocycles. The van der Waals surface area contributed by atoms with Gasteiger partial charge in [0, 0.05) is 49.5 Å². The van der Waals surface area contributed by atoms with Crippen LogP contribution in [0, 0.1) is 0 Å². The molecule has 2 fully saturated rings. The lowest BCUT2D eigenvalue weighted by Crippen LogP contribution is -2.54. The van der Waals surface area contributed by atoms with E-state index in [0.717, 1.165) is 36.3 Å². The van der Waals surface area contributed by atoms with Crippen molar-refractivity contribution in [1.82, 2.24) is 19.2 Å². The average Bonchev–Trinajstić information content (AvgIpc) is 3.10. The number of imidazole rings is 1. The van der Waals surface area contributed by atoms with Crippen molar-refractivity contribution in [2.24, 2.45) is 0 Å². The van der Waals surface area contributed by atoms with Gasteiger partial charge >= 0.3 is 0 Å². The van der Waals surface area contributed by atoms with Gasteiger partial charge in [0.15, 0.2) is 4.96 Å². The van der Waals surface area contributed by atoms with Crippen molar-refractivity contribution >= 4 is 22.2 Å². The number of carbonyl (C=O) groups excluding carboxylic acids is 1. The van der Waals surface area contributed by atoms with Gasteiger partial charge in [0.1, 0.15) is 0 Å². The Hall–Kier alpha value is -1.40. The normalized spacial score (nSPS) is 23.9. The van der Waals surface area contributed by atoms with Gasteiger partial charge in [0.05, 0.1) is 12.1 Å². The lowest BCUT2D eigenvalue weighted by molar-refractivity contribution is -0.135. The molecule has 112 valence electrons. The van der Waals surface area contributed by atoms with Crippen LogP contribution in [0.1, 0.15) is 25.5 Å². The second-order valence-corrected chi connectivity index (χ2v) is 7.04. The molecule has 5 nitrogen and oxygen atoms in total. The van der Waals surface area contributed by atoms with Gasteiger partial charge in [-0.3, -0.25) is 14.1 Å². The van der Waals surface area contributed by atoms with E-state index >= 15 is 0 Å². The van der Waals surface area contributed by atoms with Crippen molar-refractivity contribution in [3.05, 3.63) is 23.5 Å². The maximum Gasteiger partial charge on any atom is 0.228 e. The highest BCUT2D eigenvalue weighted by molar-refractivity contribution is 7.15. The van der Waals surface area contributed by atoms with Crippen molar-refractivity contribution in [1.29, 1.82) is 0 Å². The molecule has 2 aromatic heterocycles. The van der Waals surface area contributed by atoms with E-state index in [4.69, 9.17) is 0 Å². The first-order chi connectivity index (χ1) is 10.2. The summed E-state index contributed by atoms with van der Waals surface area (Å²) in [7, 11) is 0. The highest BCUT2D eigenvalue weighted by Gasteiger charge is 2.35. The summed E-state index contributed by atoms with van der Waals surface area (Å²) in [6.07, 6.45) is 7.05. The number of nitrogens with zero attached hydrogens (tertiary/aromatic N) is 4. The maximum atomic E-state index is 12.5. The summed E-state index contributed by atoms with van der Waals surface area (Å²) in [5, 5.41) is 2.01. The number of amides is 1. The number of rotatable bonds is 3. The SMILES string of the molecule is CC1CN(C2CC2)CCN1C(=O)Cc1cn2ccsc2n1. The Morgan fingerprint density at radius 3 is 3.00 bits per heavy atom. The lowest BCUT2D eigenvalue weighted by atomic mass is 10.1. The Morgan fingerprint density at radius 2 is 2.29 bits per heavy atom. The van der Waals surface area contributed by atoms with E-state index in [2.05, 4.69) is 16.8 Å². The van der Waals surface area contributed by atoms with Crippen molar-refractivity contribution in [2.75, 3.05) is 19.6 Å². The summed E-state index contributed by atoms with van der Waals surface area (Å²) in [5.41, 5.74) is 0.878. The number of aromatic nitrogens is 2. The monoisotopic (exact) mass is 304 g/mol. The Morgan fingerprint density at radius 1 is 1.43 bits per heavy atom. The van der Waals surface area contributed by atoms with Crippen LogP contribution in [0.3, 0.4) is 0 Å². The fraction of sp³-hybridized carbons (Fsp3) is 0.600. The Bertz CT molecular complexity index is 631.